The Bertz CT molecular complexity index is 954. The van der Waals surface area contributed by atoms with Crippen LogP contribution in [0.5, 0.6) is 0 Å². The Morgan fingerprint density at radius 1 is 0.963 bits per heavy atom. The number of oxime groups is 1. The average Bonchev–Trinajstić information content (AvgIpc) is 3.00. The lowest BCUT2D eigenvalue weighted by Crippen LogP contribution is -2.12. The summed E-state index contributed by atoms with van der Waals surface area (Å²) in [6.45, 7) is 5.87. The zero-order chi connectivity index (χ0) is 19.4. The summed E-state index contributed by atoms with van der Waals surface area (Å²) in [5, 5.41) is 6.34. The van der Waals surface area contributed by atoms with Crippen molar-refractivity contribution in [1.29, 1.82) is 0 Å². The molecule has 1 N–H and O–H groups in total. The Morgan fingerprint density at radius 3 is 2.15 bits per heavy atom. The molecular weight excluding hydrogens is 345 g/mol. The molecule has 1 heterocycles. The molecule has 27 heavy (non-hydrogen) atoms. The number of hydrogen-bond donors (Lipinski definition) is 1. The summed E-state index contributed by atoms with van der Waals surface area (Å²) in [7, 11) is 0. The first kappa shape index (κ1) is 18.4. The first-order valence-electron chi connectivity index (χ1n) is 8.48. The Balaban J connectivity index is 1.65. The van der Waals surface area contributed by atoms with Crippen LogP contribution in [0.4, 0.5) is 14.9 Å². The second kappa shape index (κ2) is 7.86. The molecule has 0 bridgehead atoms. The van der Waals surface area contributed by atoms with Crippen molar-refractivity contribution in [3.63, 3.8) is 0 Å². The number of benzene rings is 2. The summed E-state index contributed by atoms with van der Waals surface area (Å²) in [5.74, 6) is -0.378. The molecule has 5 nitrogen and oxygen atoms in total. The number of nitrogens with zero attached hydrogens (tertiary/aromatic N) is 2. The van der Waals surface area contributed by atoms with Gasteiger partial charge in [0.1, 0.15) is 5.82 Å². The molecule has 2 aromatic carbocycles. The minimum atomic E-state index is -0.740. The molecule has 0 aliphatic carbocycles. The zero-order valence-electron chi connectivity index (χ0n) is 15.4. The third-order valence-electron chi connectivity index (χ3n) is 4.17. The summed E-state index contributed by atoms with van der Waals surface area (Å²) in [5.41, 5.74) is 5.21. The Kier molecular flexibility index (Phi) is 5.35. The van der Waals surface area contributed by atoms with E-state index in [9.17, 15) is 9.18 Å². The van der Waals surface area contributed by atoms with Crippen molar-refractivity contribution in [2.24, 2.45) is 5.16 Å². The van der Waals surface area contributed by atoms with E-state index < -0.39 is 6.09 Å². The van der Waals surface area contributed by atoms with Gasteiger partial charge in [0.15, 0.2) is 0 Å². The van der Waals surface area contributed by atoms with Gasteiger partial charge in [0.05, 0.1) is 5.71 Å². The predicted octanol–water partition coefficient (Wildman–Crippen LogP) is 5.21. The number of nitrogens with one attached hydrogen (secondary N) is 1. The molecule has 3 aromatic rings. The average molecular weight is 365 g/mol. The van der Waals surface area contributed by atoms with Crippen LogP contribution in [0.25, 0.3) is 5.69 Å². The standard InChI is InChI=1S/C21H20FN3O2/c1-14-4-5-15(2)25(14)20-12-6-17(7-13-20)16(3)24-27-21(26)23-19-10-8-18(22)9-11-19/h4-13H,1-3H3,(H,23,26)/b24-16-. The van der Waals surface area contributed by atoms with Crippen LogP contribution in [-0.4, -0.2) is 16.4 Å². The second-order valence-corrected chi connectivity index (χ2v) is 6.19. The normalized spacial score (nSPS) is 11.3. The molecule has 0 unspecified atom stereocenters. The highest BCUT2D eigenvalue weighted by atomic mass is 19.1. The van der Waals surface area contributed by atoms with Gasteiger partial charge in [-0.2, -0.15) is 0 Å². The molecule has 1 amide bonds. The fourth-order valence-corrected chi connectivity index (χ4v) is 2.76. The summed E-state index contributed by atoms with van der Waals surface area (Å²) in [6.07, 6.45) is -0.740. The van der Waals surface area contributed by atoms with E-state index in [2.05, 4.69) is 41.0 Å². The van der Waals surface area contributed by atoms with Gasteiger partial charge < -0.3 is 4.57 Å². The molecule has 0 saturated heterocycles. The monoisotopic (exact) mass is 365 g/mol. The molecule has 138 valence electrons. The molecule has 1 aromatic heterocycles. The van der Waals surface area contributed by atoms with E-state index in [1.165, 1.54) is 24.3 Å². The number of carbonyl (C=O) groups is 1. The van der Waals surface area contributed by atoms with Crippen LogP contribution < -0.4 is 5.32 Å². The predicted molar refractivity (Wildman–Crippen MR) is 104 cm³/mol. The second-order valence-electron chi connectivity index (χ2n) is 6.19. The van der Waals surface area contributed by atoms with Crippen LogP contribution in [0.2, 0.25) is 0 Å². The maximum Gasteiger partial charge on any atom is 0.437 e. The molecule has 3 rings (SSSR count). The Labute approximate surface area is 157 Å². The molecule has 0 radical (unpaired) electrons. The van der Waals surface area contributed by atoms with Crippen LogP contribution in [-0.2, 0) is 4.84 Å². The number of aromatic nitrogens is 1. The van der Waals surface area contributed by atoms with Crippen LogP contribution in [0.15, 0.2) is 65.8 Å². The van der Waals surface area contributed by atoms with Gasteiger partial charge in [0.2, 0.25) is 0 Å². The molecule has 0 saturated carbocycles. The fraction of sp³-hybridized carbons (Fsp3) is 0.143. The summed E-state index contributed by atoms with van der Waals surface area (Å²) < 4.78 is 15.0. The van der Waals surface area contributed by atoms with Crippen LogP contribution in [0.3, 0.4) is 0 Å². The van der Waals surface area contributed by atoms with Gasteiger partial charge in [-0.1, -0.05) is 17.3 Å². The lowest BCUT2D eigenvalue weighted by atomic mass is 10.1. The molecular formula is C21H20FN3O2. The first-order valence-corrected chi connectivity index (χ1v) is 8.48. The number of aryl methyl sites for hydroxylation is 2. The van der Waals surface area contributed by atoms with Crippen molar-refractivity contribution in [3.05, 3.63) is 83.4 Å². The van der Waals surface area contributed by atoms with Crippen molar-refractivity contribution in [2.45, 2.75) is 20.8 Å². The lowest BCUT2D eigenvalue weighted by molar-refractivity contribution is 0.166. The third kappa shape index (κ3) is 4.41. The molecule has 0 aliphatic heterocycles. The van der Waals surface area contributed by atoms with Crippen LogP contribution in [0, 0.1) is 19.7 Å². The summed E-state index contributed by atoms with van der Waals surface area (Å²) in [6, 6.07) is 17.4. The quantitative estimate of drug-likeness (QED) is 0.392. The van der Waals surface area contributed by atoms with E-state index in [-0.39, 0.29) is 5.82 Å². The van der Waals surface area contributed by atoms with Gasteiger partial charge in [0.25, 0.3) is 0 Å². The maximum atomic E-state index is 12.9. The molecule has 6 heteroatoms. The minimum absolute atomic E-state index is 0.378. The van der Waals surface area contributed by atoms with E-state index in [4.69, 9.17) is 4.84 Å². The van der Waals surface area contributed by atoms with E-state index in [0.717, 1.165) is 22.6 Å². The Hall–Kier alpha value is -3.41. The van der Waals surface area contributed by atoms with E-state index in [0.29, 0.717) is 11.4 Å². The van der Waals surface area contributed by atoms with Crippen molar-refractivity contribution in [1.82, 2.24) is 4.57 Å². The summed E-state index contributed by atoms with van der Waals surface area (Å²) >= 11 is 0. The van der Waals surface area contributed by atoms with E-state index in [1.54, 1.807) is 6.92 Å². The van der Waals surface area contributed by atoms with Gasteiger partial charge in [-0.15, -0.1) is 0 Å². The number of halogens is 1. The molecule has 0 spiro atoms. The molecule has 0 fully saturated rings. The van der Waals surface area contributed by atoms with Crippen molar-refractivity contribution < 1.29 is 14.0 Å². The highest BCUT2D eigenvalue weighted by Gasteiger charge is 2.07. The first-order chi connectivity index (χ1) is 12.9. The largest absolute Gasteiger partial charge is 0.437 e. The van der Waals surface area contributed by atoms with Crippen molar-refractivity contribution >= 4 is 17.5 Å². The van der Waals surface area contributed by atoms with Gasteiger partial charge >= 0.3 is 6.09 Å². The fourth-order valence-electron chi connectivity index (χ4n) is 2.76. The van der Waals surface area contributed by atoms with Crippen LogP contribution in [0.1, 0.15) is 23.9 Å². The highest BCUT2D eigenvalue weighted by molar-refractivity contribution is 5.99. The number of amides is 1. The van der Waals surface area contributed by atoms with Crippen molar-refractivity contribution in [3.8, 4) is 5.69 Å². The summed E-state index contributed by atoms with van der Waals surface area (Å²) in [4.78, 5) is 16.7. The third-order valence-corrected chi connectivity index (χ3v) is 4.17. The maximum absolute atomic E-state index is 12.9. The minimum Gasteiger partial charge on any atom is -0.319 e. The van der Waals surface area contributed by atoms with E-state index >= 15 is 0 Å². The highest BCUT2D eigenvalue weighted by Crippen LogP contribution is 2.17. The van der Waals surface area contributed by atoms with Gasteiger partial charge in [-0.3, -0.25) is 10.2 Å². The zero-order valence-corrected chi connectivity index (χ0v) is 15.4. The number of hydrogen-bond acceptors (Lipinski definition) is 3. The lowest BCUT2D eigenvalue weighted by Gasteiger charge is -2.10. The topological polar surface area (TPSA) is 55.6 Å². The number of carbonyl (C=O) groups excluding carboxylic acids is 1. The van der Waals surface area contributed by atoms with E-state index in [1.807, 2.05) is 24.3 Å². The van der Waals surface area contributed by atoms with Crippen molar-refractivity contribution in [2.75, 3.05) is 5.32 Å². The number of anilines is 1. The van der Waals surface area contributed by atoms with Gasteiger partial charge in [-0.25, -0.2) is 9.18 Å². The number of rotatable bonds is 4. The van der Waals surface area contributed by atoms with Gasteiger partial charge in [-0.05, 0) is 74.9 Å². The molecule has 0 atom stereocenters. The van der Waals surface area contributed by atoms with Gasteiger partial charge in [0, 0.05) is 22.8 Å². The Morgan fingerprint density at radius 2 is 1.56 bits per heavy atom. The SMILES string of the molecule is C/C(=N/OC(=O)Nc1ccc(F)cc1)c1ccc(-n2c(C)ccc2C)cc1. The molecule has 0 aliphatic rings. The smallest absolute Gasteiger partial charge is 0.319 e. The van der Waals surface area contributed by atoms with Crippen LogP contribution >= 0.6 is 0 Å².